The van der Waals surface area contributed by atoms with Gasteiger partial charge in [-0.15, -0.1) is 6.42 Å². The topological polar surface area (TPSA) is 29.5 Å². The number of benzene rings is 1. The van der Waals surface area contributed by atoms with Crippen molar-refractivity contribution in [3.8, 4) is 18.1 Å². The summed E-state index contributed by atoms with van der Waals surface area (Å²) < 4.78 is 5.42. The van der Waals surface area contributed by atoms with E-state index in [1.54, 1.807) is 7.11 Å². The molecule has 0 aromatic heterocycles. The van der Waals surface area contributed by atoms with Crippen molar-refractivity contribution in [2.45, 2.75) is 69.8 Å². The highest BCUT2D eigenvalue weighted by molar-refractivity contribution is 5.41. The minimum atomic E-state index is -0.890. The van der Waals surface area contributed by atoms with Crippen LogP contribution in [0.4, 0.5) is 0 Å². The molecule has 0 aliphatic heterocycles. The van der Waals surface area contributed by atoms with E-state index in [0.29, 0.717) is 17.8 Å². The van der Waals surface area contributed by atoms with E-state index < -0.39 is 5.60 Å². The van der Waals surface area contributed by atoms with Crippen molar-refractivity contribution >= 4 is 0 Å². The van der Waals surface area contributed by atoms with Gasteiger partial charge in [0.05, 0.1) is 7.11 Å². The average Bonchev–Trinajstić information content (AvgIpc) is 2.94. The van der Waals surface area contributed by atoms with Crippen molar-refractivity contribution in [1.82, 2.24) is 0 Å². The first-order chi connectivity index (χ1) is 12.1. The molecule has 1 aromatic carbocycles. The molecule has 3 aliphatic carbocycles. The lowest BCUT2D eigenvalue weighted by Gasteiger charge is -2.54. The molecule has 1 unspecified atom stereocenters. The SMILES string of the molecule is C#C[C@]1(O)CC[C@H]2[C@@H]3CCc4cc(OC)ccc4[C@H]3CCC21CCC. The Morgan fingerprint density at radius 3 is 2.84 bits per heavy atom. The Morgan fingerprint density at radius 1 is 1.28 bits per heavy atom. The lowest BCUT2D eigenvalue weighted by Crippen LogP contribution is -2.51. The third-order valence-electron chi connectivity index (χ3n) is 7.72. The second-order valence-corrected chi connectivity index (χ2v) is 8.47. The minimum absolute atomic E-state index is 0.0539. The Balaban J connectivity index is 1.71. The molecule has 3 aliphatic rings. The zero-order valence-corrected chi connectivity index (χ0v) is 15.6. The molecule has 2 fully saturated rings. The number of terminal acetylenes is 1. The normalized spacial score (nSPS) is 39.0. The zero-order chi connectivity index (χ0) is 17.7. The quantitative estimate of drug-likeness (QED) is 0.810. The molecule has 134 valence electrons. The highest BCUT2D eigenvalue weighted by atomic mass is 16.5. The van der Waals surface area contributed by atoms with E-state index in [4.69, 9.17) is 11.2 Å². The Labute approximate surface area is 152 Å². The first-order valence-corrected chi connectivity index (χ1v) is 9.95. The maximum atomic E-state index is 11.3. The zero-order valence-electron chi connectivity index (χ0n) is 15.6. The third-order valence-corrected chi connectivity index (χ3v) is 7.72. The highest BCUT2D eigenvalue weighted by Gasteiger charge is 2.62. The summed E-state index contributed by atoms with van der Waals surface area (Å²) >= 11 is 0. The van der Waals surface area contributed by atoms with E-state index in [1.807, 2.05) is 0 Å². The van der Waals surface area contributed by atoms with Crippen molar-refractivity contribution < 1.29 is 9.84 Å². The van der Waals surface area contributed by atoms with Gasteiger partial charge in [0.25, 0.3) is 0 Å². The summed E-state index contributed by atoms with van der Waals surface area (Å²) in [6, 6.07) is 6.63. The van der Waals surface area contributed by atoms with E-state index in [-0.39, 0.29) is 5.41 Å². The Bertz CT molecular complexity index is 703. The second-order valence-electron chi connectivity index (χ2n) is 8.47. The van der Waals surface area contributed by atoms with Gasteiger partial charge in [-0.25, -0.2) is 0 Å². The van der Waals surface area contributed by atoms with Crippen LogP contribution in [0.1, 0.15) is 68.9 Å². The second kappa shape index (κ2) is 6.06. The molecule has 0 heterocycles. The van der Waals surface area contributed by atoms with Gasteiger partial charge in [-0.05, 0) is 86.0 Å². The predicted molar refractivity (Wildman–Crippen MR) is 101 cm³/mol. The molecule has 0 bridgehead atoms. The maximum Gasteiger partial charge on any atom is 0.131 e. The lowest BCUT2D eigenvalue weighted by molar-refractivity contribution is -0.0831. The van der Waals surface area contributed by atoms with Crippen molar-refractivity contribution in [1.29, 1.82) is 0 Å². The number of methoxy groups -OCH3 is 1. The maximum absolute atomic E-state index is 11.3. The van der Waals surface area contributed by atoms with Gasteiger partial charge in [0, 0.05) is 5.41 Å². The van der Waals surface area contributed by atoms with Crippen molar-refractivity contribution in [3.05, 3.63) is 29.3 Å². The first-order valence-electron chi connectivity index (χ1n) is 9.95. The number of hydrogen-bond acceptors (Lipinski definition) is 2. The molecule has 0 saturated heterocycles. The highest BCUT2D eigenvalue weighted by Crippen LogP contribution is 2.66. The third kappa shape index (κ3) is 2.28. The van der Waals surface area contributed by atoms with Crippen LogP contribution in [0.25, 0.3) is 0 Å². The smallest absolute Gasteiger partial charge is 0.131 e. The van der Waals surface area contributed by atoms with Crippen LogP contribution in [0.2, 0.25) is 0 Å². The van der Waals surface area contributed by atoms with E-state index in [9.17, 15) is 5.11 Å². The Kier molecular flexibility index (Phi) is 4.12. The monoisotopic (exact) mass is 338 g/mol. The van der Waals surface area contributed by atoms with Crippen LogP contribution in [0.15, 0.2) is 18.2 Å². The van der Waals surface area contributed by atoms with E-state index in [0.717, 1.165) is 50.7 Å². The van der Waals surface area contributed by atoms with Crippen LogP contribution in [-0.4, -0.2) is 17.8 Å². The van der Waals surface area contributed by atoms with Crippen LogP contribution >= 0.6 is 0 Å². The molecule has 2 nitrogen and oxygen atoms in total. The standard InChI is InChI=1S/C23H30O2/c1-4-12-22-13-10-19-18-9-7-17(25-3)15-16(18)6-8-20(19)21(22)11-14-23(22,24)5-2/h2,7,9,15,19-21,24H,4,6,8,10-14H2,1,3H3/t19-,20-,21+,22?,23+/m1/s1. The predicted octanol–water partition coefficient (Wildman–Crippen LogP) is 4.70. The molecule has 2 saturated carbocycles. The largest absolute Gasteiger partial charge is 0.497 e. The van der Waals surface area contributed by atoms with Gasteiger partial charge in [-0.1, -0.05) is 25.3 Å². The average molecular weight is 338 g/mol. The van der Waals surface area contributed by atoms with E-state index >= 15 is 0 Å². The summed E-state index contributed by atoms with van der Waals surface area (Å²) in [5, 5.41) is 11.3. The molecule has 0 spiro atoms. The number of fused-ring (bicyclic) bond motifs is 5. The van der Waals surface area contributed by atoms with E-state index in [1.165, 1.54) is 17.5 Å². The molecule has 1 N–H and O–H groups in total. The van der Waals surface area contributed by atoms with Gasteiger partial charge in [0.1, 0.15) is 11.4 Å². The number of aliphatic hydroxyl groups is 1. The van der Waals surface area contributed by atoms with Gasteiger partial charge in [-0.2, -0.15) is 0 Å². The molecular formula is C23H30O2. The van der Waals surface area contributed by atoms with Gasteiger partial charge in [0.15, 0.2) is 0 Å². The summed E-state index contributed by atoms with van der Waals surface area (Å²) in [7, 11) is 1.74. The molecule has 1 aromatic rings. The Hall–Kier alpha value is -1.46. The molecule has 4 rings (SSSR count). The van der Waals surface area contributed by atoms with Crippen molar-refractivity contribution in [3.63, 3.8) is 0 Å². The number of hydrogen-bond donors (Lipinski definition) is 1. The summed E-state index contributed by atoms with van der Waals surface area (Å²) in [6.45, 7) is 2.23. The fraction of sp³-hybridized carbons (Fsp3) is 0.652. The summed E-state index contributed by atoms with van der Waals surface area (Å²) in [6.07, 6.45) is 14.5. The van der Waals surface area contributed by atoms with Crippen LogP contribution in [0.3, 0.4) is 0 Å². The van der Waals surface area contributed by atoms with Crippen LogP contribution < -0.4 is 4.74 Å². The summed E-state index contributed by atoms with van der Waals surface area (Å²) in [5.74, 6) is 5.67. The van der Waals surface area contributed by atoms with Gasteiger partial charge < -0.3 is 9.84 Å². The molecule has 0 radical (unpaired) electrons. The van der Waals surface area contributed by atoms with Gasteiger partial charge in [-0.3, -0.25) is 0 Å². The summed E-state index contributed by atoms with van der Waals surface area (Å²) in [5.41, 5.74) is 2.05. The van der Waals surface area contributed by atoms with Crippen molar-refractivity contribution in [2.24, 2.45) is 17.3 Å². The fourth-order valence-electron chi connectivity index (χ4n) is 6.70. The van der Waals surface area contributed by atoms with E-state index in [2.05, 4.69) is 31.0 Å². The molecule has 0 amide bonds. The fourth-order valence-corrected chi connectivity index (χ4v) is 6.70. The number of rotatable bonds is 3. The lowest BCUT2D eigenvalue weighted by atomic mass is 9.51. The van der Waals surface area contributed by atoms with Gasteiger partial charge in [0.2, 0.25) is 0 Å². The summed E-state index contributed by atoms with van der Waals surface area (Å²) in [4.78, 5) is 0. The van der Waals surface area contributed by atoms with Crippen LogP contribution in [0, 0.1) is 29.6 Å². The number of ether oxygens (including phenoxy) is 1. The first kappa shape index (κ1) is 17.0. The molecule has 5 atom stereocenters. The van der Waals surface area contributed by atoms with Crippen LogP contribution in [0.5, 0.6) is 5.75 Å². The van der Waals surface area contributed by atoms with Crippen molar-refractivity contribution in [2.75, 3.05) is 7.11 Å². The molecule has 25 heavy (non-hydrogen) atoms. The van der Waals surface area contributed by atoms with Crippen LogP contribution in [-0.2, 0) is 6.42 Å². The molecular weight excluding hydrogens is 308 g/mol. The van der Waals surface area contributed by atoms with Gasteiger partial charge >= 0.3 is 0 Å². The molecule has 2 heteroatoms. The Morgan fingerprint density at radius 2 is 2.12 bits per heavy atom. The minimum Gasteiger partial charge on any atom is -0.497 e. The number of aryl methyl sites for hydroxylation is 1.